The van der Waals surface area contributed by atoms with E-state index >= 15 is 0 Å². The van der Waals surface area contributed by atoms with Gasteiger partial charge in [-0.3, -0.25) is 4.79 Å². The van der Waals surface area contributed by atoms with Crippen LogP contribution in [0, 0.1) is 0 Å². The number of aliphatic carboxylic acids is 1. The summed E-state index contributed by atoms with van der Waals surface area (Å²) in [6, 6.07) is 0. The summed E-state index contributed by atoms with van der Waals surface area (Å²) in [6.45, 7) is 0.245. The van der Waals surface area contributed by atoms with Crippen LogP contribution in [0.4, 0.5) is 4.39 Å². The van der Waals surface area contributed by atoms with Crippen LogP contribution in [0.3, 0.4) is 0 Å². The monoisotopic (exact) mass is 213 g/mol. The Morgan fingerprint density at radius 2 is 2.47 bits per heavy atom. The summed E-state index contributed by atoms with van der Waals surface area (Å²) in [6.07, 6.45) is 0.541. The van der Waals surface area contributed by atoms with E-state index in [1.165, 1.54) is 0 Å². The molecular weight excluding hydrogens is 201 g/mol. The fraction of sp³-hybridized carbons (Fsp3) is 0.667. The van der Waals surface area contributed by atoms with E-state index in [1.54, 1.807) is 4.68 Å². The molecule has 2 heterocycles. The maximum atomic E-state index is 13.0. The van der Waals surface area contributed by atoms with Crippen LogP contribution in [0.5, 0.6) is 0 Å². The standard InChI is InChI=1S/C9H12FN3O2/c10-6-1-3-8-11-7(2-4-9(14)15)12-13(8)5-6/h6H,1-5H2,(H,14,15). The molecule has 0 aromatic carbocycles. The lowest BCUT2D eigenvalue weighted by molar-refractivity contribution is -0.137. The van der Waals surface area contributed by atoms with Crippen molar-refractivity contribution >= 4 is 5.97 Å². The van der Waals surface area contributed by atoms with Crippen molar-refractivity contribution in [2.75, 3.05) is 0 Å². The minimum absolute atomic E-state index is 0.0164. The number of carboxylic acids is 1. The van der Waals surface area contributed by atoms with Crippen molar-refractivity contribution in [1.29, 1.82) is 0 Å². The first kappa shape index (κ1) is 10.1. The summed E-state index contributed by atoms with van der Waals surface area (Å²) >= 11 is 0. The average molecular weight is 213 g/mol. The molecule has 0 aliphatic carbocycles. The molecule has 0 saturated carbocycles. The highest BCUT2D eigenvalue weighted by Gasteiger charge is 2.20. The Balaban J connectivity index is 2.06. The van der Waals surface area contributed by atoms with Crippen molar-refractivity contribution in [1.82, 2.24) is 14.8 Å². The Morgan fingerprint density at radius 3 is 3.20 bits per heavy atom. The van der Waals surface area contributed by atoms with Crippen LogP contribution in [-0.2, 0) is 24.2 Å². The normalized spacial score (nSPS) is 19.9. The van der Waals surface area contributed by atoms with Gasteiger partial charge in [-0.15, -0.1) is 0 Å². The lowest BCUT2D eigenvalue weighted by Crippen LogP contribution is -2.21. The zero-order valence-electron chi connectivity index (χ0n) is 8.19. The summed E-state index contributed by atoms with van der Waals surface area (Å²) in [7, 11) is 0. The van der Waals surface area contributed by atoms with E-state index in [9.17, 15) is 9.18 Å². The van der Waals surface area contributed by atoms with Gasteiger partial charge in [-0.1, -0.05) is 0 Å². The van der Waals surface area contributed by atoms with Crippen LogP contribution in [-0.4, -0.2) is 32.0 Å². The molecule has 1 aromatic rings. The van der Waals surface area contributed by atoms with Crippen molar-refractivity contribution < 1.29 is 14.3 Å². The zero-order chi connectivity index (χ0) is 10.8. The van der Waals surface area contributed by atoms with Crippen molar-refractivity contribution in [3.63, 3.8) is 0 Å². The predicted molar refractivity (Wildman–Crippen MR) is 49.2 cm³/mol. The van der Waals surface area contributed by atoms with Gasteiger partial charge in [0.1, 0.15) is 12.0 Å². The minimum Gasteiger partial charge on any atom is -0.481 e. The van der Waals surface area contributed by atoms with Gasteiger partial charge in [-0.2, -0.15) is 5.10 Å². The Hall–Kier alpha value is -1.46. The van der Waals surface area contributed by atoms with Crippen LogP contribution in [0.2, 0.25) is 0 Å². The van der Waals surface area contributed by atoms with E-state index in [0.29, 0.717) is 25.1 Å². The van der Waals surface area contributed by atoms with E-state index in [-0.39, 0.29) is 13.0 Å². The fourth-order valence-corrected chi connectivity index (χ4v) is 1.65. The van der Waals surface area contributed by atoms with Crippen LogP contribution >= 0.6 is 0 Å². The van der Waals surface area contributed by atoms with Crippen LogP contribution < -0.4 is 0 Å². The van der Waals surface area contributed by atoms with Gasteiger partial charge in [-0.05, 0) is 6.42 Å². The van der Waals surface area contributed by atoms with Gasteiger partial charge in [0.2, 0.25) is 0 Å². The molecule has 0 saturated heterocycles. The molecular formula is C9H12FN3O2. The Labute approximate surface area is 85.9 Å². The van der Waals surface area contributed by atoms with Gasteiger partial charge in [0, 0.05) is 12.8 Å². The number of fused-ring (bicyclic) bond motifs is 1. The molecule has 1 unspecified atom stereocenters. The molecule has 2 rings (SSSR count). The van der Waals surface area contributed by atoms with E-state index in [2.05, 4.69) is 10.1 Å². The average Bonchev–Trinajstić information content (AvgIpc) is 2.56. The molecule has 1 aromatic heterocycles. The maximum Gasteiger partial charge on any atom is 0.303 e. The highest BCUT2D eigenvalue weighted by atomic mass is 19.1. The molecule has 0 amide bonds. The number of carboxylic acid groups (broad SMARTS) is 1. The van der Waals surface area contributed by atoms with Gasteiger partial charge in [-0.25, -0.2) is 14.1 Å². The number of rotatable bonds is 3. The minimum atomic E-state index is -0.869. The topological polar surface area (TPSA) is 68.0 Å². The molecule has 1 aliphatic rings. The van der Waals surface area contributed by atoms with Gasteiger partial charge in [0.05, 0.1) is 13.0 Å². The molecule has 1 atom stereocenters. The van der Waals surface area contributed by atoms with Gasteiger partial charge < -0.3 is 5.11 Å². The number of hydrogen-bond donors (Lipinski definition) is 1. The molecule has 5 nitrogen and oxygen atoms in total. The summed E-state index contributed by atoms with van der Waals surface area (Å²) in [5.41, 5.74) is 0. The van der Waals surface area contributed by atoms with Crippen molar-refractivity contribution in [3.05, 3.63) is 11.6 Å². The summed E-state index contributed by atoms with van der Waals surface area (Å²) in [5.74, 6) is 0.400. The fourth-order valence-electron chi connectivity index (χ4n) is 1.65. The van der Waals surface area contributed by atoms with Gasteiger partial charge in [0.25, 0.3) is 0 Å². The maximum absolute atomic E-state index is 13.0. The van der Waals surface area contributed by atoms with E-state index in [4.69, 9.17) is 5.11 Å². The van der Waals surface area contributed by atoms with Gasteiger partial charge >= 0.3 is 5.97 Å². The third-order valence-corrected chi connectivity index (χ3v) is 2.41. The van der Waals surface area contributed by atoms with Crippen LogP contribution in [0.15, 0.2) is 0 Å². The molecule has 0 bridgehead atoms. The third kappa shape index (κ3) is 2.31. The quantitative estimate of drug-likeness (QED) is 0.797. The first-order valence-electron chi connectivity index (χ1n) is 4.93. The highest BCUT2D eigenvalue weighted by molar-refractivity contribution is 5.66. The molecule has 0 radical (unpaired) electrons. The lowest BCUT2D eigenvalue weighted by Gasteiger charge is -2.14. The second-order valence-corrected chi connectivity index (χ2v) is 3.66. The van der Waals surface area contributed by atoms with E-state index < -0.39 is 12.1 Å². The van der Waals surface area contributed by atoms with Crippen molar-refractivity contribution in [3.8, 4) is 0 Å². The Bertz CT molecular complexity index is 377. The SMILES string of the molecule is O=C(O)CCc1nc2n(n1)CC(F)CC2. The third-order valence-electron chi connectivity index (χ3n) is 2.41. The number of aryl methyl sites for hydroxylation is 2. The summed E-state index contributed by atoms with van der Waals surface area (Å²) in [4.78, 5) is 14.5. The van der Waals surface area contributed by atoms with Crippen molar-refractivity contribution in [2.24, 2.45) is 0 Å². The van der Waals surface area contributed by atoms with Crippen molar-refractivity contribution in [2.45, 2.75) is 38.4 Å². The second-order valence-electron chi connectivity index (χ2n) is 3.66. The number of aromatic nitrogens is 3. The van der Waals surface area contributed by atoms with Crippen LogP contribution in [0.25, 0.3) is 0 Å². The highest BCUT2D eigenvalue weighted by Crippen LogP contribution is 2.15. The van der Waals surface area contributed by atoms with Crippen LogP contribution in [0.1, 0.15) is 24.5 Å². The van der Waals surface area contributed by atoms with E-state index in [0.717, 1.165) is 5.82 Å². The Morgan fingerprint density at radius 1 is 1.67 bits per heavy atom. The summed E-state index contributed by atoms with van der Waals surface area (Å²) in [5, 5.41) is 12.6. The molecule has 0 fully saturated rings. The number of halogens is 1. The molecule has 6 heteroatoms. The molecule has 1 N–H and O–H groups in total. The number of alkyl halides is 1. The summed E-state index contributed by atoms with van der Waals surface area (Å²) < 4.78 is 14.5. The predicted octanol–water partition coefficient (Wildman–Crippen LogP) is 0.580. The number of hydrogen-bond acceptors (Lipinski definition) is 3. The zero-order valence-corrected chi connectivity index (χ0v) is 8.19. The Kier molecular flexibility index (Phi) is 2.66. The van der Waals surface area contributed by atoms with Gasteiger partial charge in [0.15, 0.2) is 5.82 Å². The largest absolute Gasteiger partial charge is 0.481 e. The molecule has 82 valence electrons. The first-order valence-corrected chi connectivity index (χ1v) is 4.93. The molecule has 0 spiro atoms. The lowest BCUT2D eigenvalue weighted by atomic mass is 10.1. The number of nitrogens with zero attached hydrogens (tertiary/aromatic N) is 3. The van der Waals surface area contributed by atoms with E-state index in [1.807, 2.05) is 0 Å². The molecule has 15 heavy (non-hydrogen) atoms. The smallest absolute Gasteiger partial charge is 0.303 e. The second kappa shape index (κ2) is 3.96. The first-order chi connectivity index (χ1) is 7.15. The number of carbonyl (C=O) groups is 1. The molecule has 1 aliphatic heterocycles.